The molecule has 0 aromatic heterocycles. The molecular weight excluding hydrogens is 240 g/mol. The van der Waals surface area contributed by atoms with Crippen molar-refractivity contribution < 1.29 is 9.53 Å². The summed E-state index contributed by atoms with van der Waals surface area (Å²) >= 11 is 0. The highest BCUT2D eigenvalue weighted by Crippen LogP contribution is 2.32. The van der Waals surface area contributed by atoms with Crippen molar-refractivity contribution in [3.63, 3.8) is 0 Å². The van der Waals surface area contributed by atoms with Crippen molar-refractivity contribution in [2.75, 3.05) is 6.61 Å². The number of nitriles is 1. The van der Waals surface area contributed by atoms with Crippen molar-refractivity contribution >= 4 is 5.91 Å². The number of hydrogen-bond acceptors (Lipinski definition) is 3. The molecule has 1 saturated carbocycles. The van der Waals surface area contributed by atoms with Gasteiger partial charge in [-0.1, -0.05) is 13.8 Å². The summed E-state index contributed by atoms with van der Waals surface area (Å²) in [5.74, 6) is 0.603. The summed E-state index contributed by atoms with van der Waals surface area (Å²) in [5, 5.41) is 12.5. The number of carbonyl (C=O) groups is 1. The quantitative estimate of drug-likeness (QED) is 0.851. The van der Waals surface area contributed by atoms with Gasteiger partial charge in [0, 0.05) is 6.61 Å². The highest BCUT2D eigenvalue weighted by atomic mass is 16.5. The number of amides is 1. The predicted molar refractivity (Wildman–Crippen MR) is 72.3 cm³/mol. The van der Waals surface area contributed by atoms with Gasteiger partial charge in [-0.2, -0.15) is 5.26 Å². The minimum Gasteiger partial charge on any atom is -0.377 e. The Bertz CT molecular complexity index is 367. The lowest BCUT2D eigenvalue weighted by atomic mass is 9.77. The lowest BCUT2D eigenvalue weighted by Gasteiger charge is -2.35. The van der Waals surface area contributed by atoms with Gasteiger partial charge in [0.2, 0.25) is 5.91 Å². The van der Waals surface area contributed by atoms with Crippen molar-refractivity contribution in [1.29, 1.82) is 5.26 Å². The molecule has 0 aromatic carbocycles. The van der Waals surface area contributed by atoms with Crippen LogP contribution in [0.4, 0.5) is 0 Å². The molecule has 2 aliphatic rings. The van der Waals surface area contributed by atoms with E-state index in [4.69, 9.17) is 4.74 Å². The van der Waals surface area contributed by atoms with E-state index in [1.807, 2.05) is 6.92 Å². The van der Waals surface area contributed by atoms with E-state index in [1.165, 1.54) is 0 Å². The summed E-state index contributed by atoms with van der Waals surface area (Å²) in [4.78, 5) is 12.4. The molecule has 0 radical (unpaired) electrons. The fourth-order valence-electron chi connectivity index (χ4n) is 3.20. The second-order valence-electron chi connectivity index (χ2n) is 6.08. The summed E-state index contributed by atoms with van der Waals surface area (Å²) in [6.45, 7) is 4.91. The van der Waals surface area contributed by atoms with Crippen LogP contribution in [0.25, 0.3) is 0 Å². The molecule has 2 rings (SSSR count). The SMILES string of the molecule is CCC1OCCC1C(=O)NC1(C#N)CCC(C)CC1. The van der Waals surface area contributed by atoms with Gasteiger partial charge >= 0.3 is 0 Å². The second-order valence-corrected chi connectivity index (χ2v) is 6.08. The summed E-state index contributed by atoms with van der Waals surface area (Å²) < 4.78 is 5.56. The third kappa shape index (κ3) is 3.09. The van der Waals surface area contributed by atoms with Crippen molar-refractivity contribution in [2.24, 2.45) is 11.8 Å². The number of rotatable bonds is 3. The van der Waals surface area contributed by atoms with E-state index in [1.54, 1.807) is 0 Å². The molecule has 1 saturated heterocycles. The zero-order valence-electron chi connectivity index (χ0n) is 11.9. The third-order valence-corrected chi connectivity index (χ3v) is 4.65. The smallest absolute Gasteiger partial charge is 0.227 e. The van der Waals surface area contributed by atoms with Gasteiger partial charge in [0.15, 0.2) is 0 Å². The molecule has 1 amide bonds. The van der Waals surface area contributed by atoms with Gasteiger partial charge < -0.3 is 10.1 Å². The molecule has 0 spiro atoms. The van der Waals surface area contributed by atoms with Crippen LogP contribution in [0.15, 0.2) is 0 Å². The molecule has 1 heterocycles. The minimum absolute atomic E-state index is 0.0143. The number of nitrogens with zero attached hydrogens (tertiary/aromatic N) is 1. The Hall–Kier alpha value is -1.08. The fraction of sp³-hybridized carbons (Fsp3) is 0.867. The molecule has 1 aliphatic carbocycles. The Kier molecular flexibility index (Phi) is 4.46. The van der Waals surface area contributed by atoms with Crippen LogP contribution in [0.2, 0.25) is 0 Å². The standard InChI is InChI=1S/C15H24N2O2/c1-3-13-12(6-9-19-13)14(18)17-15(10-16)7-4-11(2)5-8-15/h11-13H,3-9H2,1-2H3,(H,17,18). The highest BCUT2D eigenvalue weighted by molar-refractivity contribution is 5.80. The number of ether oxygens (including phenoxy) is 1. The van der Waals surface area contributed by atoms with Crippen LogP contribution in [0.3, 0.4) is 0 Å². The van der Waals surface area contributed by atoms with Gasteiger partial charge in [-0.25, -0.2) is 0 Å². The Labute approximate surface area is 115 Å². The molecule has 1 aliphatic heterocycles. The molecule has 2 unspecified atom stereocenters. The van der Waals surface area contributed by atoms with Crippen molar-refractivity contribution in [1.82, 2.24) is 5.32 Å². The molecule has 4 heteroatoms. The van der Waals surface area contributed by atoms with Crippen LogP contribution in [0.1, 0.15) is 52.4 Å². The van der Waals surface area contributed by atoms with Gasteiger partial charge in [-0.05, 0) is 44.4 Å². The van der Waals surface area contributed by atoms with Gasteiger partial charge in [-0.15, -0.1) is 0 Å². The first-order valence-electron chi connectivity index (χ1n) is 7.45. The van der Waals surface area contributed by atoms with E-state index in [0.29, 0.717) is 12.5 Å². The van der Waals surface area contributed by atoms with Crippen LogP contribution >= 0.6 is 0 Å². The maximum Gasteiger partial charge on any atom is 0.227 e. The molecule has 2 fully saturated rings. The van der Waals surface area contributed by atoms with Crippen molar-refractivity contribution in [2.45, 2.75) is 64.0 Å². The lowest BCUT2D eigenvalue weighted by Crippen LogP contribution is -2.52. The third-order valence-electron chi connectivity index (χ3n) is 4.65. The average Bonchev–Trinajstić information content (AvgIpc) is 2.90. The maximum atomic E-state index is 12.4. The van der Waals surface area contributed by atoms with Crippen LogP contribution in [-0.2, 0) is 9.53 Å². The Morgan fingerprint density at radius 2 is 2.11 bits per heavy atom. The Balaban J connectivity index is 1.99. The number of carbonyl (C=O) groups excluding carboxylic acids is 1. The zero-order chi connectivity index (χ0) is 13.9. The van der Waals surface area contributed by atoms with E-state index in [2.05, 4.69) is 18.3 Å². The van der Waals surface area contributed by atoms with Gasteiger partial charge in [0.05, 0.1) is 18.1 Å². The van der Waals surface area contributed by atoms with E-state index in [-0.39, 0.29) is 17.9 Å². The summed E-state index contributed by atoms with van der Waals surface area (Å²) in [6, 6.07) is 2.35. The summed E-state index contributed by atoms with van der Waals surface area (Å²) in [7, 11) is 0. The monoisotopic (exact) mass is 264 g/mol. The number of nitrogens with one attached hydrogen (secondary N) is 1. The number of hydrogen-bond donors (Lipinski definition) is 1. The lowest BCUT2D eigenvalue weighted by molar-refractivity contribution is -0.128. The van der Waals surface area contributed by atoms with E-state index >= 15 is 0 Å². The van der Waals surface area contributed by atoms with Gasteiger partial charge in [-0.3, -0.25) is 4.79 Å². The van der Waals surface area contributed by atoms with Crippen LogP contribution in [0.5, 0.6) is 0 Å². The summed E-state index contributed by atoms with van der Waals surface area (Å²) in [6.07, 6.45) is 5.26. The largest absolute Gasteiger partial charge is 0.377 e. The Morgan fingerprint density at radius 3 is 2.68 bits per heavy atom. The van der Waals surface area contributed by atoms with E-state index in [0.717, 1.165) is 38.5 Å². The maximum absolute atomic E-state index is 12.4. The zero-order valence-corrected chi connectivity index (χ0v) is 11.9. The Morgan fingerprint density at radius 1 is 1.42 bits per heavy atom. The minimum atomic E-state index is -0.634. The van der Waals surface area contributed by atoms with E-state index in [9.17, 15) is 10.1 Å². The van der Waals surface area contributed by atoms with Gasteiger partial charge in [0.25, 0.3) is 0 Å². The average molecular weight is 264 g/mol. The first-order valence-corrected chi connectivity index (χ1v) is 7.45. The normalized spacial score (nSPS) is 38.7. The van der Waals surface area contributed by atoms with Crippen LogP contribution in [0, 0.1) is 23.2 Å². The molecular formula is C15H24N2O2. The first-order chi connectivity index (χ1) is 9.10. The van der Waals surface area contributed by atoms with E-state index < -0.39 is 5.54 Å². The molecule has 0 aromatic rings. The van der Waals surface area contributed by atoms with Crippen molar-refractivity contribution in [3.8, 4) is 6.07 Å². The second kappa shape index (κ2) is 5.92. The molecule has 0 bridgehead atoms. The van der Waals surface area contributed by atoms with Crippen LogP contribution < -0.4 is 5.32 Å². The first kappa shape index (κ1) is 14.3. The fourth-order valence-corrected chi connectivity index (χ4v) is 3.20. The summed E-state index contributed by atoms with van der Waals surface area (Å²) in [5.41, 5.74) is -0.634. The molecule has 1 N–H and O–H groups in total. The topological polar surface area (TPSA) is 62.1 Å². The predicted octanol–water partition coefficient (Wildman–Crippen LogP) is 2.39. The molecule has 106 valence electrons. The van der Waals surface area contributed by atoms with Gasteiger partial charge in [0.1, 0.15) is 5.54 Å². The van der Waals surface area contributed by atoms with Crippen LogP contribution in [-0.4, -0.2) is 24.2 Å². The van der Waals surface area contributed by atoms with Crippen molar-refractivity contribution in [3.05, 3.63) is 0 Å². The molecule has 4 nitrogen and oxygen atoms in total. The highest BCUT2D eigenvalue weighted by Gasteiger charge is 2.40. The molecule has 2 atom stereocenters. The molecule has 19 heavy (non-hydrogen) atoms.